The number of hydrogen-bond acceptors (Lipinski definition) is 4. The van der Waals surface area contributed by atoms with Gasteiger partial charge in [0.25, 0.3) is 0 Å². The lowest BCUT2D eigenvalue weighted by Gasteiger charge is -2.26. The summed E-state index contributed by atoms with van der Waals surface area (Å²) in [5.74, 6) is -0.0172. The highest BCUT2D eigenvalue weighted by Gasteiger charge is 2.15. The van der Waals surface area contributed by atoms with Gasteiger partial charge in [0.05, 0.1) is 36.3 Å². The molecule has 2 rings (SSSR count). The standard InChI is InChI=1S/C13H21BrN4O2/c1-11(9-18-10-12(14)8-16-18)13(19)15-2-3-17-4-6-20-7-5-17/h8,10-11H,2-7,9H2,1H3,(H,15,19). The molecule has 1 aliphatic rings. The van der Waals surface area contributed by atoms with Crippen LogP contribution >= 0.6 is 15.9 Å². The first-order valence-corrected chi connectivity index (χ1v) is 7.70. The summed E-state index contributed by atoms with van der Waals surface area (Å²) in [6.45, 7) is 7.56. The number of nitrogens with one attached hydrogen (secondary N) is 1. The van der Waals surface area contributed by atoms with Crippen LogP contribution in [0.25, 0.3) is 0 Å². The van der Waals surface area contributed by atoms with E-state index in [-0.39, 0.29) is 11.8 Å². The number of morpholine rings is 1. The van der Waals surface area contributed by atoms with Crippen molar-refractivity contribution in [3.63, 3.8) is 0 Å². The molecule has 0 aliphatic carbocycles. The highest BCUT2D eigenvalue weighted by Crippen LogP contribution is 2.08. The molecule has 1 atom stereocenters. The van der Waals surface area contributed by atoms with Crippen LogP contribution in [0.4, 0.5) is 0 Å². The molecular weight excluding hydrogens is 324 g/mol. The Bertz CT molecular complexity index is 432. The second kappa shape index (κ2) is 7.75. The molecule has 20 heavy (non-hydrogen) atoms. The van der Waals surface area contributed by atoms with Gasteiger partial charge < -0.3 is 10.1 Å². The van der Waals surface area contributed by atoms with Crippen molar-refractivity contribution < 1.29 is 9.53 Å². The Morgan fingerprint density at radius 1 is 1.55 bits per heavy atom. The minimum absolute atomic E-state index is 0.0740. The fraction of sp³-hybridized carbons (Fsp3) is 0.692. The number of carbonyl (C=O) groups is 1. The SMILES string of the molecule is CC(Cn1cc(Br)cn1)C(=O)NCCN1CCOCC1. The largest absolute Gasteiger partial charge is 0.379 e. The van der Waals surface area contributed by atoms with Crippen LogP contribution in [0.5, 0.6) is 0 Å². The smallest absolute Gasteiger partial charge is 0.224 e. The lowest BCUT2D eigenvalue weighted by Crippen LogP contribution is -2.42. The van der Waals surface area contributed by atoms with Gasteiger partial charge in [-0.2, -0.15) is 5.10 Å². The summed E-state index contributed by atoms with van der Waals surface area (Å²) in [6.07, 6.45) is 3.60. The maximum absolute atomic E-state index is 12.0. The molecule has 7 heteroatoms. The highest BCUT2D eigenvalue weighted by molar-refractivity contribution is 9.10. The molecular formula is C13H21BrN4O2. The number of rotatable bonds is 6. The first kappa shape index (κ1) is 15.5. The Hall–Kier alpha value is -0.920. The predicted octanol–water partition coefficient (Wildman–Crippen LogP) is 0.730. The molecule has 0 saturated carbocycles. The summed E-state index contributed by atoms with van der Waals surface area (Å²) in [5.41, 5.74) is 0. The molecule has 0 aromatic carbocycles. The zero-order valence-electron chi connectivity index (χ0n) is 11.7. The summed E-state index contributed by atoms with van der Waals surface area (Å²) < 4.78 is 7.99. The summed E-state index contributed by atoms with van der Waals surface area (Å²) in [4.78, 5) is 14.3. The van der Waals surface area contributed by atoms with E-state index in [0.717, 1.165) is 37.3 Å². The Kier molecular flexibility index (Phi) is 6.00. The fourth-order valence-electron chi connectivity index (χ4n) is 2.14. The minimum atomic E-state index is -0.0912. The van der Waals surface area contributed by atoms with Gasteiger partial charge in [0.2, 0.25) is 5.91 Å². The maximum atomic E-state index is 12.0. The Morgan fingerprint density at radius 2 is 2.30 bits per heavy atom. The summed E-state index contributed by atoms with van der Waals surface area (Å²) in [7, 11) is 0. The van der Waals surface area contributed by atoms with Crippen LogP contribution in [0.2, 0.25) is 0 Å². The normalized spacial score (nSPS) is 17.9. The van der Waals surface area contributed by atoms with E-state index in [9.17, 15) is 4.79 Å². The highest BCUT2D eigenvalue weighted by atomic mass is 79.9. The van der Waals surface area contributed by atoms with E-state index in [2.05, 4.69) is 31.2 Å². The van der Waals surface area contributed by atoms with Crippen LogP contribution in [0.3, 0.4) is 0 Å². The molecule has 1 amide bonds. The third kappa shape index (κ3) is 4.88. The molecule has 1 unspecified atom stereocenters. The summed E-state index contributed by atoms with van der Waals surface area (Å²) in [5, 5.41) is 7.14. The molecule has 1 N–H and O–H groups in total. The van der Waals surface area contributed by atoms with Crippen molar-refractivity contribution in [2.45, 2.75) is 13.5 Å². The van der Waals surface area contributed by atoms with E-state index in [1.54, 1.807) is 10.9 Å². The lowest BCUT2D eigenvalue weighted by atomic mass is 10.1. The van der Waals surface area contributed by atoms with Gasteiger partial charge in [0, 0.05) is 32.4 Å². The van der Waals surface area contributed by atoms with Crippen LogP contribution in [-0.2, 0) is 16.1 Å². The Labute approximate surface area is 127 Å². The van der Waals surface area contributed by atoms with Gasteiger partial charge in [-0.05, 0) is 15.9 Å². The third-order valence-corrected chi connectivity index (χ3v) is 3.75. The number of halogens is 1. The molecule has 1 saturated heterocycles. The second-order valence-electron chi connectivity index (χ2n) is 5.03. The molecule has 6 nitrogen and oxygen atoms in total. The molecule has 1 aromatic rings. The zero-order chi connectivity index (χ0) is 14.4. The lowest BCUT2D eigenvalue weighted by molar-refractivity contribution is -0.125. The van der Waals surface area contributed by atoms with Gasteiger partial charge in [-0.3, -0.25) is 14.4 Å². The van der Waals surface area contributed by atoms with Gasteiger partial charge in [-0.1, -0.05) is 6.92 Å². The molecule has 0 spiro atoms. The second-order valence-corrected chi connectivity index (χ2v) is 5.94. The molecule has 1 aliphatic heterocycles. The van der Waals surface area contributed by atoms with Crippen LogP contribution in [-0.4, -0.2) is 60.0 Å². The van der Waals surface area contributed by atoms with Crippen LogP contribution in [0.1, 0.15) is 6.92 Å². The number of carbonyl (C=O) groups excluding carboxylic acids is 1. The van der Waals surface area contributed by atoms with Gasteiger partial charge in [0.15, 0.2) is 0 Å². The van der Waals surface area contributed by atoms with Crippen molar-refractivity contribution in [2.24, 2.45) is 5.92 Å². The number of amides is 1. The van der Waals surface area contributed by atoms with Crippen LogP contribution < -0.4 is 5.32 Å². The minimum Gasteiger partial charge on any atom is -0.379 e. The average molecular weight is 345 g/mol. The number of nitrogens with zero attached hydrogens (tertiary/aromatic N) is 3. The van der Waals surface area contributed by atoms with Crippen molar-refractivity contribution in [1.29, 1.82) is 0 Å². The number of aromatic nitrogens is 2. The molecule has 1 fully saturated rings. The Balaban J connectivity index is 1.65. The third-order valence-electron chi connectivity index (χ3n) is 3.34. The van der Waals surface area contributed by atoms with E-state index in [1.165, 1.54) is 0 Å². The summed E-state index contributed by atoms with van der Waals surface area (Å²) >= 11 is 3.35. The predicted molar refractivity (Wildman–Crippen MR) is 79.4 cm³/mol. The van der Waals surface area contributed by atoms with E-state index < -0.39 is 0 Å². The summed E-state index contributed by atoms with van der Waals surface area (Å²) in [6, 6.07) is 0. The quantitative estimate of drug-likeness (QED) is 0.826. The van der Waals surface area contributed by atoms with E-state index in [1.807, 2.05) is 13.1 Å². The first-order chi connectivity index (χ1) is 9.65. The van der Waals surface area contributed by atoms with Crippen molar-refractivity contribution in [1.82, 2.24) is 20.0 Å². The molecule has 112 valence electrons. The van der Waals surface area contributed by atoms with Gasteiger partial charge in [-0.15, -0.1) is 0 Å². The fourth-order valence-corrected chi connectivity index (χ4v) is 2.47. The maximum Gasteiger partial charge on any atom is 0.224 e. The monoisotopic (exact) mass is 344 g/mol. The zero-order valence-corrected chi connectivity index (χ0v) is 13.3. The first-order valence-electron chi connectivity index (χ1n) is 6.91. The van der Waals surface area contributed by atoms with Gasteiger partial charge in [0.1, 0.15) is 0 Å². The van der Waals surface area contributed by atoms with E-state index in [0.29, 0.717) is 13.1 Å². The van der Waals surface area contributed by atoms with Gasteiger partial charge >= 0.3 is 0 Å². The van der Waals surface area contributed by atoms with Gasteiger partial charge in [-0.25, -0.2) is 0 Å². The van der Waals surface area contributed by atoms with Crippen molar-refractivity contribution in [2.75, 3.05) is 39.4 Å². The van der Waals surface area contributed by atoms with Crippen molar-refractivity contribution in [3.8, 4) is 0 Å². The van der Waals surface area contributed by atoms with Crippen molar-refractivity contribution in [3.05, 3.63) is 16.9 Å². The molecule has 1 aromatic heterocycles. The topological polar surface area (TPSA) is 59.4 Å². The number of hydrogen-bond donors (Lipinski definition) is 1. The molecule has 2 heterocycles. The van der Waals surface area contributed by atoms with Crippen molar-refractivity contribution >= 4 is 21.8 Å². The van der Waals surface area contributed by atoms with Crippen LogP contribution in [0.15, 0.2) is 16.9 Å². The molecule has 0 radical (unpaired) electrons. The van der Waals surface area contributed by atoms with E-state index >= 15 is 0 Å². The Morgan fingerprint density at radius 3 is 2.95 bits per heavy atom. The average Bonchev–Trinajstić information content (AvgIpc) is 2.85. The molecule has 0 bridgehead atoms. The van der Waals surface area contributed by atoms with E-state index in [4.69, 9.17) is 4.74 Å². The number of ether oxygens (including phenoxy) is 1. The van der Waals surface area contributed by atoms with Crippen LogP contribution in [0, 0.1) is 5.92 Å².